The van der Waals surface area contributed by atoms with Gasteiger partial charge < -0.3 is 10.2 Å². The first kappa shape index (κ1) is 11.6. The fraction of sp³-hybridized carbons (Fsp3) is 0.625. The zero-order chi connectivity index (χ0) is 10.6. The molecule has 0 bridgehead atoms. The average molecular weight is 188 g/mol. The highest BCUT2D eigenvalue weighted by Crippen LogP contribution is 2.14. The maximum atomic E-state index is 11.0. The van der Waals surface area contributed by atoms with Crippen LogP contribution < -0.4 is 0 Å². The summed E-state index contributed by atoms with van der Waals surface area (Å²) in [4.78, 5) is 32.0. The first-order valence-electron chi connectivity index (χ1n) is 3.90. The Kier molecular flexibility index (Phi) is 4.10. The predicted octanol–water partition coefficient (Wildman–Crippen LogP) is 0.387. The molecule has 0 radical (unpaired) electrons. The van der Waals surface area contributed by atoms with E-state index < -0.39 is 23.8 Å². The third-order valence-electron chi connectivity index (χ3n) is 1.89. The molecule has 13 heavy (non-hydrogen) atoms. The number of ketones is 1. The van der Waals surface area contributed by atoms with Crippen molar-refractivity contribution in [3.63, 3.8) is 0 Å². The van der Waals surface area contributed by atoms with Crippen molar-refractivity contribution in [3.05, 3.63) is 0 Å². The van der Waals surface area contributed by atoms with Crippen LogP contribution in [0, 0.1) is 11.8 Å². The number of carboxylic acid groups (broad SMARTS) is 2. The zero-order valence-electron chi connectivity index (χ0n) is 7.48. The van der Waals surface area contributed by atoms with Crippen LogP contribution in [0.25, 0.3) is 0 Å². The molecule has 0 heterocycles. The van der Waals surface area contributed by atoms with Gasteiger partial charge >= 0.3 is 11.9 Å². The number of hydrogen-bond donors (Lipinski definition) is 2. The van der Waals surface area contributed by atoms with Crippen LogP contribution >= 0.6 is 0 Å². The lowest BCUT2D eigenvalue weighted by molar-refractivity contribution is -0.159. The quantitative estimate of drug-likeness (QED) is 0.609. The highest BCUT2D eigenvalue weighted by atomic mass is 16.4. The van der Waals surface area contributed by atoms with Crippen LogP contribution in [0.1, 0.15) is 20.3 Å². The number of carboxylic acids is 2. The van der Waals surface area contributed by atoms with Gasteiger partial charge in [0.2, 0.25) is 0 Å². The van der Waals surface area contributed by atoms with Crippen LogP contribution in [0.4, 0.5) is 0 Å². The molecule has 0 saturated carbocycles. The molecule has 74 valence electrons. The van der Waals surface area contributed by atoms with Crippen LogP contribution in [-0.4, -0.2) is 27.9 Å². The number of carbonyl (C=O) groups excluding carboxylic acids is 1. The van der Waals surface area contributed by atoms with Crippen molar-refractivity contribution in [1.29, 1.82) is 0 Å². The van der Waals surface area contributed by atoms with Crippen molar-refractivity contribution in [2.75, 3.05) is 0 Å². The number of Topliss-reactive ketones (excluding diaryl/α,β-unsaturated/α-hetero) is 1. The van der Waals surface area contributed by atoms with E-state index in [-0.39, 0.29) is 12.2 Å². The van der Waals surface area contributed by atoms with Crippen LogP contribution in [0.2, 0.25) is 0 Å². The number of rotatable bonds is 5. The maximum Gasteiger partial charge on any atom is 0.318 e. The number of aliphatic carboxylic acids is 2. The van der Waals surface area contributed by atoms with E-state index in [9.17, 15) is 14.4 Å². The van der Waals surface area contributed by atoms with Gasteiger partial charge in [-0.2, -0.15) is 0 Å². The van der Waals surface area contributed by atoms with Crippen LogP contribution in [0.15, 0.2) is 0 Å². The van der Waals surface area contributed by atoms with Gasteiger partial charge in [-0.15, -0.1) is 0 Å². The minimum Gasteiger partial charge on any atom is -0.481 e. The largest absolute Gasteiger partial charge is 0.481 e. The Bertz CT molecular complexity index is 219. The minimum atomic E-state index is -1.63. The van der Waals surface area contributed by atoms with Gasteiger partial charge in [-0.1, -0.05) is 13.8 Å². The molecule has 1 atom stereocenters. The lowest BCUT2D eigenvalue weighted by Crippen LogP contribution is -2.33. The lowest BCUT2D eigenvalue weighted by Gasteiger charge is -2.13. The summed E-state index contributed by atoms with van der Waals surface area (Å²) in [5.41, 5.74) is 0. The Morgan fingerprint density at radius 1 is 1.15 bits per heavy atom. The van der Waals surface area contributed by atoms with Crippen LogP contribution in [0.5, 0.6) is 0 Å². The molecule has 0 spiro atoms. The van der Waals surface area contributed by atoms with Crippen LogP contribution in [0.3, 0.4) is 0 Å². The second kappa shape index (κ2) is 4.59. The molecule has 0 rings (SSSR count). The summed E-state index contributed by atoms with van der Waals surface area (Å²) in [5.74, 6) is -5.90. The molecule has 0 aliphatic rings. The van der Waals surface area contributed by atoms with E-state index >= 15 is 0 Å². The van der Waals surface area contributed by atoms with E-state index in [0.717, 1.165) is 0 Å². The van der Waals surface area contributed by atoms with Gasteiger partial charge in [0.1, 0.15) is 5.78 Å². The average Bonchev–Trinajstić information content (AvgIpc) is 2.01. The van der Waals surface area contributed by atoms with E-state index in [2.05, 4.69) is 0 Å². The number of carbonyl (C=O) groups is 3. The zero-order valence-corrected chi connectivity index (χ0v) is 7.48. The molecule has 0 fully saturated rings. The van der Waals surface area contributed by atoms with Gasteiger partial charge in [0, 0.05) is 12.3 Å². The van der Waals surface area contributed by atoms with E-state index in [1.54, 1.807) is 6.92 Å². The van der Waals surface area contributed by atoms with Crippen molar-refractivity contribution >= 4 is 17.7 Å². The molecule has 1 unspecified atom stereocenters. The van der Waals surface area contributed by atoms with Crippen LogP contribution in [-0.2, 0) is 14.4 Å². The Labute approximate surface area is 75.4 Å². The van der Waals surface area contributed by atoms with Crippen molar-refractivity contribution < 1.29 is 24.6 Å². The molecule has 0 aliphatic carbocycles. The van der Waals surface area contributed by atoms with Gasteiger partial charge in [-0.25, -0.2) is 0 Å². The first-order valence-corrected chi connectivity index (χ1v) is 3.90. The van der Waals surface area contributed by atoms with E-state index in [1.807, 2.05) is 0 Å². The first-order chi connectivity index (χ1) is 5.91. The molecule has 0 aromatic heterocycles. The molecule has 5 nitrogen and oxygen atoms in total. The lowest BCUT2D eigenvalue weighted by atomic mass is 9.89. The van der Waals surface area contributed by atoms with Gasteiger partial charge in [0.15, 0.2) is 5.92 Å². The fourth-order valence-corrected chi connectivity index (χ4v) is 1.04. The summed E-state index contributed by atoms with van der Waals surface area (Å²) in [7, 11) is 0. The minimum absolute atomic E-state index is 0.151. The monoisotopic (exact) mass is 188 g/mol. The summed E-state index contributed by atoms with van der Waals surface area (Å²) < 4.78 is 0. The summed E-state index contributed by atoms with van der Waals surface area (Å²) in [5, 5.41) is 17.1. The molecule has 0 saturated heterocycles. The predicted molar refractivity (Wildman–Crippen MR) is 43.2 cm³/mol. The third kappa shape index (κ3) is 2.85. The maximum absolute atomic E-state index is 11.0. The van der Waals surface area contributed by atoms with E-state index in [4.69, 9.17) is 10.2 Å². The van der Waals surface area contributed by atoms with E-state index in [0.29, 0.717) is 0 Å². The summed E-state index contributed by atoms with van der Waals surface area (Å²) in [6.45, 7) is 2.89. The Hall–Kier alpha value is -1.39. The van der Waals surface area contributed by atoms with Crippen molar-refractivity contribution in [2.24, 2.45) is 11.8 Å². The Balaban J connectivity index is 4.65. The second-order valence-electron chi connectivity index (χ2n) is 2.76. The summed E-state index contributed by atoms with van der Waals surface area (Å²) in [6, 6.07) is 0. The molecule has 0 aromatic carbocycles. The molecule has 0 aromatic rings. The van der Waals surface area contributed by atoms with Gasteiger partial charge in [0.25, 0.3) is 0 Å². The molecular formula is C8H12O5. The third-order valence-corrected chi connectivity index (χ3v) is 1.89. The number of hydrogen-bond acceptors (Lipinski definition) is 3. The molecule has 0 amide bonds. The topological polar surface area (TPSA) is 91.7 Å². The van der Waals surface area contributed by atoms with Gasteiger partial charge in [-0.05, 0) is 0 Å². The highest BCUT2D eigenvalue weighted by Gasteiger charge is 2.35. The van der Waals surface area contributed by atoms with Crippen molar-refractivity contribution in [2.45, 2.75) is 20.3 Å². The normalized spacial score (nSPS) is 12.5. The molecular weight excluding hydrogens is 176 g/mol. The van der Waals surface area contributed by atoms with Gasteiger partial charge in [0.05, 0.1) is 0 Å². The van der Waals surface area contributed by atoms with E-state index in [1.165, 1.54) is 6.92 Å². The molecule has 0 aliphatic heterocycles. The molecule has 2 N–H and O–H groups in total. The highest BCUT2D eigenvalue weighted by molar-refractivity contribution is 5.98. The second-order valence-corrected chi connectivity index (χ2v) is 2.76. The Morgan fingerprint density at radius 3 is 1.77 bits per heavy atom. The standard InChI is InChI=1S/C8H12O5/c1-3-5(9)4(2)6(7(10)11)8(12)13/h4,6H,3H2,1-2H3,(H,10,11)(H,12,13). The fourth-order valence-electron chi connectivity index (χ4n) is 1.04. The molecule has 5 heteroatoms. The van der Waals surface area contributed by atoms with Gasteiger partial charge in [-0.3, -0.25) is 14.4 Å². The summed E-state index contributed by atoms with van der Waals surface area (Å²) >= 11 is 0. The van der Waals surface area contributed by atoms with Crippen molar-refractivity contribution in [3.8, 4) is 0 Å². The van der Waals surface area contributed by atoms with Crippen molar-refractivity contribution in [1.82, 2.24) is 0 Å². The Morgan fingerprint density at radius 2 is 1.54 bits per heavy atom. The summed E-state index contributed by atoms with van der Waals surface area (Å²) in [6.07, 6.45) is 0.151. The SMILES string of the molecule is CCC(=O)C(C)C(C(=O)O)C(=O)O. The smallest absolute Gasteiger partial charge is 0.318 e.